The summed E-state index contributed by atoms with van der Waals surface area (Å²) in [5, 5.41) is 2.68. The molecule has 0 unspecified atom stereocenters. The van der Waals surface area contributed by atoms with Crippen molar-refractivity contribution in [3.05, 3.63) is 95.6 Å². The highest BCUT2D eigenvalue weighted by molar-refractivity contribution is 7.92. The van der Waals surface area contributed by atoms with E-state index in [2.05, 4.69) is 10.0 Å². The lowest BCUT2D eigenvalue weighted by atomic mass is 10.1. The second-order valence-electron chi connectivity index (χ2n) is 6.84. The van der Waals surface area contributed by atoms with Gasteiger partial charge in [0, 0.05) is 12.2 Å². The number of carbonyl (C=O) groups excluding carboxylic acids is 2. The number of hydrogen-bond donors (Lipinski definition) is 2. The van der Waals surface area contributed by atoms with Crippen molar-refractivity contribution in [1.82, 2.24) is 5.32 Å². The average molecular weight is 439 g/mol. The van der Waals surface area contributed by atoms with Crippen molar-refractivity contribution in [3.63, 3.8) is 0 Å². The first kappa shape index (κ1) is 22.0. The molecule has 0 saturated heterocycles. The monoisotopic (exact) mass is 438 g/mol. The minimum absolute atomic E-state index is 0.105. The quantitative estimate of drug-likeness (QED) is 0.526. The van der Waals surface area contributed by atoms with Crippen LogP contribution in [-0.4, -0.2) is 26.9 Å². The zero-order chi connectivity index (χ0) is 22.3. The molecule has 0 fully saturated rings. The van der Waals surface area contributed by atoms with E-state index >= 15 is 0 Å². The van der Waals surface area contributed by atoms with E-state index in [1.165, 1.54) is 36.4 Å². The number of sulfonamides is 1. The summed E-state index contributed by atoms with van der Waals surface area (Å²) in [4.78, 5) is 24.3. The Morgan fingerprint density at radius 3 is 2.32 bits per heavy atom. The molecule has 0 aromatic heterocycles. The van der Waals surface area contributed by atoms with E-state index in [9.17, 15) is 18.0 Å². The van der Waals surface area contributed by atoms with E-state index in [1.54, 1.807) is 18.2 Å². The normalized spacial score (nSPS) is 10.9. The largest absolute Gasteiger partial charge is 0.452 e. The maximum Gasteiger partial charge on any atom is 0.338 e. The second-order valence-corrected chi connectivity index (χ2v) is 8.52. The lowest BCUT2D eigenvalue weighted by Gasteiger charge is -2.10. The molecule has 8 heteroatoms. The first-order valence-corrected chi connectivity index (χ1v) is 11.0. The predicted molar refractivity (Wildman–Crippen MR) is 117 cm³/mol. The van der Waals surface area contributed by atoms with Crippen molar-refractivity contribution in [2.24, 2.45) is 0 Å². The van der Waals surface area contributed by atoms with Gasteiger partial charge >= 0.3 is 5.97 Å². The second kappa shape index (κ2) is 9.90. The lowest BCUT2D eigenvalue weighted by Crippen LogP contribution is -2.28. The Kier molecular flexibility index (Phi) is 7.04. The van der Waals surface area contributed by atoms with Gasteiger partial charge in [0.05, 0.1) is 10.5 Å². The van der Waals surface area contributed by atoms with Crippen molar-refractivity contribution in [2.45, 2.75) is 18.4 Å². The van der Waals surface area contributed by atoms with Crippen LogP contribution < -0.4 is 10.0 Å². The third-order valence-electron chi connectivity index (χ3n) is 4.35. The van der Waals surface area contributed by atoms with Crippen LogP contribution in [0.3, 0.4) is 0 Å². The summed E-state index contributed by atoms with van der Waals surface area (Å²) in [6.45, 7) is 1.86. The summed E-state index contributed by atoms with van der Waals surface area (Å²) in [6.07, 6.45) is 0. The maximum atomic E-state index is 12.4. The molecule has 3 aromatic carbocycles. The number of rotatable bonds is 8. The zero-order valence-electron chi connectivity index (χ0n) is 16.9. The van der Waals surface area contributed by atoms with Crippen LogP contribution in [0.2, 0.25) is 0 Å². The number of amides is 1. The van der Waals surface area contributed by atoms with Crippen LogP contribution in [0.4, 0.5) is 5.69 Å². The standard InChI is InChI=1S/C23H22N2O5S/c1-17-10-12-18(13-11-17)15-24-22(26)16-30-23(27)19-6-5-7-20(14-19)25-31(28,29)21-8-3-2-4-9-21/h2-14,25H,15-16H2,1H3,(H,24,26). The van der Waals surface area contributed by atoms with Crippen LogP contribution >= 0.6 is 0 Å². The van der Waals surface area contributed by atoms with Crippen molar-refractivity contribution in [2.75, 3.05) is 11.3 Å². The molecule has 3 aromatic rings. The van der Waals surface area contributed by atoms with Crippen LogP contribution in [-0.2, 0) is 26.1 Å². The van der Waals surface area contributed by atoms with Crippen LogP contribution in [0.25, 0.3) is 0 Å². The van der Waals surface area contributed by atoms with Gasteiger partial charge in [0.15, 0.2) is 6.61 Å². The SMILES string of the molecule is Cc1ccc(CNC(=O)COC(=O)c2cccc(NS(=O)(=O)c3ccccc3)c2)cc1. The molecule has 31 heavy (non-hydrogen) atoms. The minimum atomic E-state index is -3.78. The minimum Gasteiger partial charge on any atom is -0.452 e. The molecule has 0 radical (unpaired) electrons. The molecule has 0 aliphatic heterocycles. The number of anilines is 1. The molecule has 0 atom stereocenters. The topological polar surface area (TPSA) is 102 Å². The Morgan fingerprint density at radius 2 is 1.61 bits per heavy atom. The molecule has 160 valence electrons. The summed E-state index contributed by atoms with van der Waals surface area (Å²) in [6, 6.07) is 21.5. The summed E-state index contributed by atoms with van der Waals surface area (Å²) in [5.74, 6) is -1.17. The maximum absolute atomic E-state index is 12.4. The number of esters is 1. The molecule has 0 spiro atoms. The number of carbonyl (C=O) groups is 2. The van der Waals surface area contributed by atoms with Gasteiger partial charge in [-0.3, -0.25) is 9.52 Å². The molecule has 2 N–H and O–H groups in total. The molecule has 0 aliphatic carbocycles. The van der Waals surface area contributed by atoms with Crippen LogP contribution in [0, 0.1) is 6.92 Å². The van der Waals surface area contributed by atoms with Gasteiger partial charge in [-0.1, -0.05) is 54.1 Å². The van der Waals surface area contributed by atoms with Gasteiger partial charge in [0.25, 0.3) is 15.9 Å². The summed E-state index contributed by atoms with van der Waals surface area (Å²) >= 11 is 0. The fourth-order valence-electron chi connectivity index (χ4n) is 2.70. The number of benzene rings is 3. The molecule has 0 bridgehead atoms. The Balaban J connectivity index is 1.55. The highest BCUT2D eigenvalue weighted by atomic mass is 32.2. The number of nitrogens with one attached hydrogen (secondary N) is 2. The van der Waals surface area contributed by atoms with Gasteiger partial charge in [0.1, 0.15) is 0 Å². The lowest BCUT2D eigenvalue weighted by molar-refractivity contribution is -0.124. The van der Waals surface area contributed by atoms with Gasteiger partial charge in [0.2, 0.25) is 0 Å². The van der Waals surface area contributed by atoms with E-state index in [4.69, 9.17) is 4.74 Å². The van der Waals surface area contributed by atoms with E-state index in [0.717, 1.165) is 11.1 Å². The first-order valence-electron chi connectivity index (χ1n) is 9.51. The molecule has 3 rings (SSSR count). The molecular formula is C23H22N2O5S. The molecule has 0 aliphatic rings. The van der Waals surface area contributed by atoms with Crippen molar-refractivity contribution >= 4 is 27.6 Å². The molecular weight excluding hydrogens is 416 g/mol. The van der Waals surface area contributed by atoms with Crippen molar-refractivity contribution < 1.29 is 22.7 Å². The average Bonchev–Trinajstić information content (AvgIpc) is 2.77. The highest BCUT2D eigenvalue weighted by Gasteiger charge is 2.15. The van der Waals surface area contributed by atoms with Crippen molar-refractivity contribution in [3.8, 4) is 0 Å². The fourth-order valence-corrected chi connectivity index (χ4v) is 3.77. The summed E-state index contributed by atoms with van der Waals surface area (Å²) in [7, 11) is -3.78. The number of ether oxygens (including phenoxy) is 1. The van der Waals surface area contributed by atoms with Crippen LogP contribution in [0.1, 0.15) is 21.5 Å². The highest BCUT2D eigenvalue weighted by Crippen LogP contribution is 2.17. The summed E-state index contributed by atoms with van der Waals surface area (Å²) < 4.78 is 32.3. The van der Waals surface area contributed by atoms with Gasteiger partial charge in [-0.05, 0) is 42.8 Å². The predicted octanol–water partition coefficient (Wildman–Crippen LogP) is 3.27. The first-order chi connectivity index (χ1) is 14.8. The third-order valence-corrected chi connectivity index (χ3v) is 5.75. The van der Waals surface area contributed by atoms with E-state index in [1.807, 2.05) is 31.2 Å². The molecule has 0 saturated carbocycles. The van der Waals surface area contributed by atoms with Gasteiger partial charge in [-0.15, -0.1) is 0 Å². The third kappa shape index (κ3) is 6.42. The Bertz CT molecular complexity index is 1160. The van der Waals surface area contributed by atoms with Crippen LogP contribution in [0.15, 0.2) is 83.8 Å². The fraction of sp³-hybridized carbons (Fsp3) is 0.130. The van der Waals surface area contributed by atoms with Gasteiger partial charge in [-0.25, -0.2) is 13.2 Å². The molecule has 7 nitrogen and oxygen atoms in total. The number of hydrogen-bond acceptors (Lipinski definition) is 5. The van der Waals surface area contributed by atoms with Gasteiger partial charge < -0.3 is 10.1 Å². The Hall–Kier alpha value is -3.65. The smallest absolute Gasteiger partial charge is 0.338 e. The number of aryl methyl sites for hydroxylation is 1. The Labute approximate surface area is 181 Å². The zero-order valence-corrected chi connectivity index (χ0v) is 17.7. The van der Waals surface area contributed by atoms with E-state index in [0.29, 0.717) is 6.54 Å². The van der Waals surface area contributed by atoms with Gasteiger partial charge in [-0.2, -0.15) is 0 Å². The van der Waals surface area contributed by atoms with Crippen molar-refractivity contribution in [1.29, 1.82) is 0 Å². The van der Waals surface area contributed by atoms with E-state index in [-0.39, 0.29) is 16.1 Å². The molecule has 1 amide bonds. The Morgan fingerprint density at radius 1 is 0.903 bits per heavy atom. The molecule has 0 heterocycles. The van der Waals surface area contributed by atoms with Crippen LogP contribution in [0.5, 0.6) is 0 Å². The summed E-state index contributed by atoms with van der Waals surface area (Å²) in [5.41, 5.74) is 2.39. The van der Waals surface area contributed by atoms with E-state index < -0.39 is 28.5 Å².